The highest BCUT2D eigenvalue weighted by molar-refractivity contribution is 5.70. The van der Waals surface area contributed by atoms with Crippen molar-refractivity contribution in [3.8, 4) is 0 Å². The molecule has 1 fully saturated rings. The molecule has 0 radical (unpaired) electrons. The molecule has 0 bridgehead atoms. The molecule has 0 saturated carbocycles. The second kappa shape index (κ2) is 4.28. The van der Waals surface area contributed by atoms with Crippen molar-refractivity contribution in [1.29, 1.82) is 0 Å². The quantitative estimate of drug-likeness (QED) is 0.633. The Morgan fingerprint density at radius 2 is 2.54 bits per heavy atom. The molecule has 13 heavy (non-hydrogen) atoms. The maximum absolute atomic E-state index is 10.9. The van der Waals surface area contributed by atoms with E-state index in [1.807, 2.05) is 6.92 Å². The normalized spacial score (nSPS) is 29.2. The van der Waals surface area contributed by atoms with Crippen molar-refractivity contribution in [1.82, 2.24) is 5.32 Å². The van der Waals surface area contributed by atoms with Gasteiger partial charge in [0.15, 0.2) is 0 Å². The Morgan fingerprint density at radius 3 is 3.08 bits per heavy atom. The van der Waals surface area contributed by atoms with Gasteiger partial charge in [-0.25, -0.2) is 4.79 Å². The van der Waals surface area contributed by atoms with E-state index in [0.717, 1.165) is 0 Å². The molecule has 0 unspecified atom stereocenters. The first-order valence-corrected chi connectivity index (χ1v) is 4.39. The van der Waals surface area contributed by atoms with Gasteiger partial charge in [-0.2, -0.15) is 0 Å². The number of alkyl carbamates (subject to hydrolysis) is 1. The highest BCUT2D eigenvalue weighted by Gasteiger charge is 2.35. The van der Waals surface area contributed by atoms with Crippen LogP contribution in [0.2, 0.25) is 0 Å². The van der Waals surface area contributed by atoms with Crippen LogP contribution in [0.15, 0.2) is 12.7 Å². The van der Waals surface area contributed by atoms with Gasteiger partial charge in [-0.1, -0.05) is 13.0 Å². The minimum Gasteiger partial charge on any atom is -0.443 e. The summed E-state index contributed by atoms with van der Waals surface area (Å²) in [5, 5.41) is 11.4. The van der Waals surface area contributed by atoms with Gasteiger partial charge in [-0.05, 0) is 6.42 Å². The number of aliphatic hydroxyl groups is 1. The zero-order chi connectivity index (χ0) is 9.84. The molecule has 1 aliphatic heterocycles. The fraction of sp³-hybridized carbons (Fsp3) is 0.667. The Kier molecular flexibility index (Phi) is 3.31. The number of amides is 1. The van der Waals surface area contributed by atoms with Crippen LogP contribution in [0.3, 0.4) is 0 Å². The Balaban J connectivity index is 2.59. The molecule has 1 aliphatic rings. The SMILES string of the molecule is C=C[C@@H](C)[C@H]1OC(=O)N[C@@H]1CCO. The lowest BCUT2D eigenvalue weighted by atomic mass is 9.97. The number of cyclic esters (lactones) is 1. The third kappa shape index (κ3) is 2.21. The molecule has 74 valence electrons. The smallest absolute Gasteiger partial charge is 0.407 e. The topological polar surface area (TPSA) is 58.6 Å². The standard InChI is InChI=1S/C9H15NO3/c1-3-6(2)8-7(4-5-11)10-9(12)13-8/h3,6-8,11H,1,4-5H2,2H3,(H,10,12)/t6-,7-,8-/m1/s1. The summed E-state index contributed by atoms with van der Waals surface area (Å²) < 4.78 is 5.05. The van der Waals surface area contributed by atoms with Crippen molar-refractivity contribution in [3.63, 3.8) is 0 Å². The second-order valence-corrected chi connectivity index (χ2v) is 3.23. The van der Waals surface area contributed by atoms with Crippen LogP contribution in [-0.4, -0.2) is 30.0 Å². The lowest BCUT2D eigenvalue weighted by molar-refractivity contribution is 0.104. The zero-order valence-electron chi connectivity index (χ0n) is 7.69. The van der Waals surface area contributed by atoms with E-state index >= 15 is 0 Å². The number of rotatable bonds is 4. The van der Waals surface area contributed by atoms with Crippen LogP contribution in [0.1, 0.15) is 13.3 Å². The van der Waals surface area contributed by atoms with Crippen molar-refractivity contribution < 1.29 is 14.6 Å². The second-order valence-electron chi connectivity index (χ2n) is 3.23. The predicted octanol–water partition coefficient (Wildman–Crippen LogP) is 0.668. The number of carbonyl (C=O) groups excluding carboxylic acids is 1. The summed E-state index contributed by atoms with van der Waals surface area (Å²) in [6.45, 7) is 5.63. The lowest BCUT2D eigenvalue weighted by Crippen LogP contribution is -2.35. The molecule has 1 amide bonds. The molecule has 1 heterocycles. The molecule has 3 atom stereocenters. The highest BCUT2D eigenvalue weighted by atomic mass is 16.6. The van der Waals surface area contributed by atoms with Crippen LogP contribution < -0.4 is 5.32 Å². The third-order valence-electron chi connectivity index (χ3n) is 2.27. The minimum absolute atomic E-state index is 0.0503. The maximum atomic E-state index is 10.9. The van der Waals surface area contributed by atoms with Gasteiger partial charge < -0.3 is 15.2 Å². The number of aliphatic hydroxyl groups excluding tert-OH is 1. The van der Waals surface area contributed by atoms with Crippen LogP contribution in [0.4, 0.5) is 4.79 Å². The summed E-state index contributed by atoms with van der Waals surface area (Å²) in [5.41, 5.74) is 0. The summed E-state index contributed by atoms with van der Waals surface area (Å²) in [7, 11) is 0. The number of ether oxygens (including phenoxy) is 1. The van der Waals surface area contributed by atoms with Crippen molar-refractivity contribution in [2.45, 2.75) is 25.5 Å². The van der Waals surface area contributed by atoms with E-state index in [1.165, 1.54) is 0 Å². The van der Waals surface area contributed by atoms with Gasteiger partial charge in [0.1, 0.15) is 6.10 Å². The van der Waals surface area contributed by atoms with E-state index in [4.69, 9.17) is 9.84 Å². The van der Waals surface area contributed by atoms with Gasteiger partial charge in [-0.3, -0.25) is 0 Å². The van der Waals surface area contributed by atoms with E-state index in [1.54, 1.807) is 6.08 Å². The molecule has 4 nitrogen and oxygen atoms in total. The lowest BCUT2D eigenvalue weighted by Gasteiger charge is -2.19. The molecule has 2 N–H and O–H groups in total. The molecular formula is C9H15NO3. The van der Waals surface area contributed by atoms with Crippen LogP contribution >= 0.6 is 0 Å². The fourth-order valence-electron chi connectivity index (χ4n) is 1.46. The van der Waals surface area contributed by atoms with Crippen molar-refractivity contribution >= 4 is 6.09 Å². The first-order valence-electron chi connectivity index (χ1n) is 4.39. The van der Waals surface area contributed by atoms with E-state index < -0.39 is 6.09 Å². The van der Waals surface area contributed by atoms with Gasteiger partial charge in [0.05, 0.1) is 6.04 Å². The molecule has 1 saturated heterocycles. The van der Waals surface area contributed by atoms with E-state index in [0.29, 0.717) is 6.42 Å². The molecule has 0 aromatic rings. The van der Waals surface area contributed by atoms with E-state index in [9.17, 15) is 4.79 Å². The number of nitrogens with one attached hydrogen (secondary N) is 1. The Labute approximate surface area is 77.6 Å². The van der Waals surface area contributed by atoms with Crippen LogP contribution in [0, 0.1) is 5.92 Å². The molecule has 4 heteroatoms. The Bertz CT molecular complexity index is 205. The van der Waals surface area contributed by atoms with Gasteiger partial charge in [0.25, 0.3) is 0 Å². The summed E-state index contributed by atoms with van der Waals surface area (Å²) in [6.07, 6.45) is 1.67. The van der Waals surface area contributed by atoms with Crippen LogP contribution in [0.25, 0.3) is 0 Å². The van der Waals surface area contributed by atoms with Crippen LogP contribution in [-0.2, 0) is 4.74 Å². The van der Waals surface area contributed by atoms with Crippen LogP contribution in [0.5, 0.6) is 0 Å². The first-order chi connectivity index (χ1) is 6.19. The zero-order valence-corrected chi connectivity index (χ0v) is 7.69. The summed E-state index contributed by atoms with van der Waals surface area (Å²) in [6, 6.07) is -0.0921. The molecule has 0 aromatic carbocycles. The first kappa shape index (κ1) is 10.1. The molecule has 0 aromatic heterocycles. The maximum Gasteiger partial charge on any atom is 0.407 e. The monoisotopic (exact) mass is 185 g/mol. The summed E-state index contributed by atoms with van der Waals surface area (Å²) in [4.78, 5) is 10.9. The summed E-state index contributed by atoms with van der Waals surface area (Å²) >= 11 is 0. The predicted molar refractivity (Wildman–Crippen MR) is 48.3 cm³/mol. The van der Waals surface area contributed by atoms with Crippen molar-refractivity contribution in [3.05, 3.63) is 12.7 Å². The fourth-order valence-corrected chi connectivity index (χ4v) is 1.46. The largest absolute Gasteiger partial charge is 0.443 e. The number of carbonyl (C=O) groups is 1. The highest BCUT2D eigenvalue weighted by Crippen LogP contribution is 2.20. The third-order valence-corrected chi connectivity index (χ3v) is 2.27. The van der Waals surface area contributed by atoms with E-state index in [2.05, 4.69) is 11.9 Å². The average molecular weight is 185 g/mol. The minimum atomic E-state index is -0.405. The number of hydrogen-bond acceptors (Lipinski definition) is 3. The summed E-state index contributed by atoms with van der Waals surface area (Å²) in [5.74, 6) is 0.107. The average Bonchev–Trinajstić information content (AvgIpc) is 2.46. The van der Waals surface area contributed by atoms with Gasteiger partial charge in [0, 0.05) is 12.5 Å². The van der Waals surface area contributed by atoms with Crippen molar-refractivity contribution in [2.24, 2.45) is 5.92 Å². The molecular weight excluding hydrogens is 170 g/mol. The van der Waals surface area contributed by atoms with Gasteiger partial charge >= 0.3 is 6.09 Å². The Morgan fingerprint density at radius 1 is 1.85 bits per heavy atom. The van der Waals surface area contributed by atoms with Gasteiger partial charge in [-0.15, -0.1) is 6.58 Å². The van der Waals surface area contributed by atoms with Crippen molar-refractivity contribution in [2.75, 3.05) is 6.61 Å². The molecule has 0 spiro atoms. The van der Waals surface area contributed by atoms with Gasteiger partial charge in [0.2, 0.25) is 0 Å². The number of hydrogen-bond donors (Lipinski definition) is 2. The molecule has 1 rings (SSSR count). The Hall–Kier alpha value is -1.03. The molecule has 0 aliphatic carbocycles. The van der Waals surface area contributed by atoms with E-state index in [-0.39, 0.29) is 24.7 Å².